The molecule has 2 heterocycles. The molecule has 34 heavy (non-hydrogen) atoms. The van der Waals surface area contributed by atoms with Gasteiger partial charge in [-0.05, 0) is 35.7 Å². The number of carbonyl (C=O) groups excluding carboxylic acids is 3. The topological polar surface area (TPSA) is 94.8 Å². The van der Waals surface area contributed by atoms with Crippen molar-refractivity contribution in [3.63, 3.8) is 0 Å². The van der Waals surface area contributed by atoms with E-state index in [1.54, 1.807) is 19.3 Å². The Balaban J connectivity index is 1.42. The third-order valence-corrected chi connectivity index (χ3v) is 6.66. The predicted octanol–water partition coefficient (Wildman–Crippen LogP) is 5.67. The lowest BCUT2D eigenvalue weighted by molar-refractivity contribution is -0.146. The number of hydrogen-bond donors (Lipinski definition) is 1. The van der Waals surface area contributed by atoms with Crippen LogP contribution in [0.4, 0.5) is 5.00 Å². The zero-order valence-electron chi connectivity index (χ0n) is 19.2. The molecule has 176 valence electrons. The summed E-state index contributed by atoms with van der Waals surface area (Å²) in [5.74, 6) is -1.40. The van der Waals surface area contributed by atoms with Gasteiger partial charge in [0.05, 0.1) is 24.9 Å². The molecule has 0 aliphatic carbocycles. The monoisotopic (exact) mass is 479 g/mol. The number of anilines is 1. The zero-order valence-corrected chi connectivity index (χ0v) is 20.0. The Labute approximate surface area is 200 Å². The van der Waals surface area contributed by atoms with E-state index in [0.717, 1.165) is 21.0 Å². The van der Waals surface area contributed by atoms with Crippen molar-refractivity contribution in [2.45, 2.75) is 33.1 Å². The summed E-state index contributed by atoms with van der Waals surface area (Å²) in [4.78, 5) is 38.2. The number of thiophene rings is 1. The van der Waals surface area contributed by atoms with Gasteiger partial charge in [0, 0.05) is 15.8 Å². The highest BCUT2D eigenvalue weighted by Crippen LogP contribution is 2.33. The van der Waals surface area contributed by atoms with Crippen LogP contribution in [0.3, 0.4) is 0 Å². The average molecular weight is 480 g/mol. The Morgan fingerprint density at radius 2 is 1.88 bits per heavy atom. The quantitative estimate of drug-likeness (QED) is 0.327. The van der Waals surface area contributed by atoms with E-state index >= 15 is 0 Å². The summed E-state index contributed by atoms with van der Waals surface area (Å²) in [6.07, 6.45) is 1.52. The summed E-state index contributed by atoms with van der Waals surface area (Å²) in [7, 11) is 0. The summed E-state index contributed by atoms with van der Waals surface area (Å²) in [6.45, 7) is 5.48. The number of benzene rings is 2. The van der Waals surface area contributed by atoms with Crippen LogP contribution >= 0.6 is 11.3 Å². The molecular weight excluding hydrogens is 454 g/mol. The Morgan fingerprint density at radius 3 is 2.65 bits per heavy atom. The van der Waals surface area contributed by atoms with Gasteiger partial charge >= 0.3 is 11.9 Å². The molecule has 0 spiro atoms. The molecule has 8 heteroatoms. The summed E-state index contributed by atoms with van der Waals surface area (Å²) < 4.78 is 15.9. The van der Waals surface area contributed by atoms with Crippen molar-refractivity contribution in [2.75, 3.05) is 18.5 Å². The van der Waals surface area contributed by atoms with Crippen LogP contribution in [0.2, 0.25) is 0 Å². The lowest BCUT2D eigenvalue weighted by Gasteiger charge is -2.07. The summed E-state index contributed by atoms with van der Waals surface area (Å²) in [5.41, 5.74) is 1.68. The maximum atomic E-state index is 12.5. The van der Waals surface area contributed by atoms with Gasteiger partial charge in [-0.2, -0.15) is 0 Å². The van der Waals surface area contributed by atoms with E-state index < -0.39 is 24.5 Å². The smallest absolute Gasteiger partial charge is 0.341 e. The molecular formula is C26H25NO6S. The Bertz CT molecular complexity index is 1370. The van der Waals surface area contributed by atoms with Crippen molar-refractivity contribution in [3.05, 3.63) is 64.7 Å². The minimum absolute atomic E-state index is 0.0289. The molecule has 0 unspecified atom stereocenters. The third-order valence-electron chi connectivity index (χ3n) is 5.31. The highest BCUT2D eigenvalue weighted by atomic mass is 32.1. The molecule has 1 amide bonds. The van der Waals surface area contributed by atoms with E-state index in [2.05, 4.69) is 5.32 Å². The van der Waals surface area contributed by atoms with Gasteiger partial charge in [0.2, 0.25) is 0 Å². The first-order valence-corrected chi connectivity index (χ1v) is 11.8. The summed E-state index contributed by atoms with van der Waals surface area (Å²) >= 11 is 1.30. The first kappa shape index (κ1) is 23.5. The van der Waals surface area contributed by atoms with Gasteiger partial charge in [0.1, 0.15) is 10.6 Å². The lowest BCUT2D eigenvalue weighted by Crippen LogP contribution is -2.22. The van der Waals surface area contributed by atoms with Crippen LogP contribution in [-0.4, -0.2) is 31.1 Å². The molecule has 0 saturated heterocycles. The van der Waals surface area contributed by atoms with E-state index in [0.29, 0.717) is 21.7 Å². The molecule has 0 radical (unpaired) electrons. The summed E-state index contributed by atoms with van der Waals surface area (Å²) in [6, 6.07) is 13.4. The number of rotatable bonds is 8. The first-order chi connectivity index (χ1) is 16.4. The van der Waals surface area contributed by atoms with Crippen molar-refractivity contribution in [2.24, 2.45) is 0 Å². The molecule has 0 bridgehead atoms. The molecule has 0 aliphatic rings. The molecule has 1 N–H and O–H groups in total. The van der Waals surface area contributed by atoms with Gasteiger partial charge < -0.3 is 19.2 Å². The Kier molecular flexibility index (Phi) is 6.98. The number of ether oxygens (including phenoxy) is 2. The fourth-order valence-corrected chi connectivity index (χ4v) is 4.73. The van der Waals surface area contributed by atoms with Crippen molar-refractivity contribution >= 4 is 55.9 Å². The second-order valence-electron chi connectivity index (χ2n) is 8.07. The largest absolute Gasteiger partial charge is 0.464 e. The highest BCUT2D eigenvalue weighted by molar-refractivity contribution is 7.16. The molecule has 7 nitrogen and oxygen atoms in total. The van der Waals surface area contributed by atoms with E-state index in [-0.39, 0.29) is 18.9 Å². The molecule has 0 fully saturated rings. The third kappa shape index (κ3) is 4.97. The van der Waals surface area contributed by atoms with Crippen LogP contribution in [0.25, 0.3) is 21.7 Å². The van der Waals surface area contributed by atoms with Gasteiger partial charge in [-0.3, -0.25) is 9.59 Å². The van der Waals surface area contributed by atoms with Crippen LogP contribution in [0.15, 0.2) is 53.1 Å². The lowest BCUT2D eigenvalue weighted by atomic mass is 10.0. The summed E-state index contributed by atoms with van der Waals surface area (Å²) in [5, 5.41) is 5.95. The maximum Gasteiger partial charge on any atom is 0.341 e. The van der Waals surface area contributed by atoms with Gasteiger partial charge in [0.25, 0.3) is 5.91 Å². The average Bonchev–Trinajstić information content (AvgIpc) is 3.42. The Morgan fingerprint density at radius 1 is 1.09 bits per heavy atom. The van der Waals surface area contributed by atoms with Crippen LogP contribution in [-0.2, 0) is 25.5 Å². The molecule has 0 aliphatic heterocycles. The fourth-order valence-electron chi connectivity index (χ4n) is 3.67. The number of furan rings is 1. The van der Waals surface area contributed by atoms with E-state index in [4.69, 9.17) is 13.9 Å². The van der Waals surface area contributed by atoms with E-state index in [9.17, 15) is 14.4 Å². The molecule has 2 aromatic carbocycles. The number of nitrogens with one attached hydrogen (secondary N) is 1. The van der Waals surface area contributed by atoms with Crippen LogP contribution < -0.4 is 5.32 Å². The number of amides is 1. The van der Waals surface area contributed by atoms with Crippen LogP contribution in [0.5, 0.6) is 0 Å². The number of hydrogen-bond acceptors (Lipinski definition) is 7. The normalized spacial score (nSPS) is 11.2. The van der Waals surface area contributed by atoms with Crippen LogP contribution in [0.1, 0.15) is 47.5 Å². The fraction of sp³-hybridized carbons (Fsp3) is 0.269. The SMILES string of the molecule is CCOC(=O)c1cc(C(C)C)sc1NC(=O)COC(=O)Cc1coc2ccc3ccccc3c12. The van der Waals surface area contributed by atoms with Crippen molar-refractivity contribution in [1.82, 2.24) is 0 Å². The second-order valence-corrected chi connectivity index (χ2v) is 9.16. The van der Waals surface area contributed by atoms with Gasteiger partial charge in [-0.1, -0.05) is 44.2 Å². The van der Waals surface area contributed by atoms with E-state index in [1.807, 2.05) is 50.2 Å². The number of carbonyl (C=O) groups is 3. The predicted molar refractivity (Wildman–Crippen MR) is 131 cm³/mol. The standard InChI is InChI=1S/C26H25NO6S/c1-4-31-26(30)19-12-21(15(2)3)34-25(19)27-22(28)14-33-23(29)11-17-13-32-20-10-9-16-7-5-6-8-18(16)24(17)20/h5-10,12-13,15H,4,11,14H2,1-3H3,(H,27,28). The number of esters is 2. The Hall–Kier alpha value is -3.65. The van der Waals surface area contributed by atoms with Crippen molar-refractivity contribution in [1.29, 1.82) is 0 Å². The minimum Gasteiger partial charge on any atom is -0.464 e. The van der Waals surface area contributed by atoms with Gasteiger partial charge in [0.15, 0.2) is 6.61 Å². The molecule has 0 atom stereocenters. The first-order valence-electron chi connectivity index (χ1n) is 11.0. The minimum atomic E-state index is -0.551. The molecule has 4 aromatic rings. The maximum absolute atomic E-state index is 12.5. The van der Waals surface area contributed by atoms with E-state index in [1.165, 1.54) is 11.3 Å². The molecule has 0 saturated carbocycles. The zero-order chi connectivity index (χ0) is 24.2. The van der Waals surface area contributed by atoms with Gasteiger partial charge in [-0.15, -0.1) is 11.3 Å². The number of fused-ring (bicyclic) bond motifs is 3. The molecule has 4 rings (SSSR count). The van der Waals surface area contributed by atoms with Crippen molar-refractivity contribution < 1.29 is 28.3 Å². The van der Waals surface area contributed by atoms with Gasteiger partial charge in [-0.25, -0.2) is 4.79 Å². The van der Waals surface area contributed by atoms with Crippen molar-refractivity contribution in [3.8, 4) is 0 Å². The van der Waals surface area contributed by atoms with Crippen LogP contribution in [0, 0.1) is 0 Å². The second kappa shape index (κ2) is 10.1. The molecule has 2 aromatic heterocycles. The highest BCUT2D eigenvalue weighted by Gasteiger charge is 2.21.